The molecule has 2 aromatic carbocycles. The maximum absolute atomic E-state index is 12.8. The number of carbonyl (C=O) groups excluding carboxylic acids is 1. The van der Waals surface area contributed by atoms with Gasteiger partial charge in [0.05, 0.1) is 24.0 Å². The van der Waals surface area contributed by atoms with Crippen LogP contribution in [-0.2, 0) is 13.0 Å². The molecule has 2 aromatic heterocycles. The van der Waals surface area contributed by atoms with Gasteiger partial charge in [0.1, 0.15) is 0 Å². The largest absolute Gasteiger partial charge is 0.359 e. The smallest absolute Gasteiger partial charge is 0.259 e. The van der Waals surface area contributed by atoms with E-state index in [9.17, 15) is 4.79 Å². The third kappa shape index (κ3) is 3.49. The Morgan fingerprint density at radius 1 is 1.15 bits per heavy atom. The van der Waals surface area contributed by atoms with Crippen molar-refractivity contribution in [1.29, 1.82) is 0 Å². The van der Waals surface area contributed by atoms with Gasteiger partial charge in [0.15, 0.2) is 0 Å². The summed E-state index contributed by atoms with van der Waals surface area (Å²) in [6, 6.07) is 18.1. The van der Waals surface area contributed by atoms with E-state index in [1.165, 1.54) is 0 Å². The lowest BCUT2D eigenvalue weighted by Crippen LogP contribution is -2.15. The highest BCUT2D eigenvalue weighted by molar-refractivity contribution is 6.05. The van der Waals surface area contributed by atoms with Gasteiger partial charge in [0.2, 0.25) is 0 Å². The lowest BCUT2D eigenvalue weighted by Gasteiger charge is -2.09. The molecule has 1 amide bonds. The van der Waals surface area contributed by atoms with Crippen LogP contribution in [-0.4, -0.2) is 20.7 Å². The number of aromatic amines is 1. The van der Waals surface area contributed by atoms with Gasteiger partial charge in [-0.25, -0.2) is 0 Å². The van der Waals surface area contributed by atoms with Crippen LogP contribution in [0.4, 0.5) is 5.69 Å². The maximum Gasteiger partial charge on any atom is 0.259 e. The zero-order valence-electron chi connectivity index (χ0n) is 15.5. The van der Waals surface area contributed by atoms with Crippen molar-refractivity contribution >= 4 is 22.5 Å². The first-order chi connectivity index (χ1) is 13.1. The summed E-state index contributed by atoms with van der Waals surface area (Å²) in [6.45, 7) is 4.72. The minimum atomic E-state index is -0.127. The predicted octanol–water partition coefficient (Wildman–Crippen LogP) is 4.54. The summed E-state index contributed by atoms with van der Waals surface area (Å²) in [5.74, 6) is -0.127. The number of benzene rings is 2. The standard InChI is InChI=1S/C22H22N4O/c1-3-21-19(13-23-26(21)14-16-7-5-4-6-8-16)22(27)25-18-9-10-20-17(12-18)11-15(2)24-20/h4-13,24H,3,14H2,1-2H3,(H,25,27). The van der Waals surface area contributed by atoms with Gasteiger partial charge in [-0.1, -0.05) is 37.3 Å². The van der Waals surface area contributed by atoms with Crippen LogP contribution >= 0.6 is 0 Å². The van der Waals surface area contributed by atoms with E-state index in [0.717, 1.165) is 40.0 Å². The Morgan fingerprint density at radius 2 is 1.96 bits per heavy atom. The average Bonchev–Trinajstić information content (AvgIpc) is 3.24. The summed E-state index contributed by atoms with van der Waals surface area (Å²) in [5.41, 5.74) is 5.67. The van der Waals surface area contributed by atoms with Crippen molar-refractivity contribution in [3.05, 3.63) is 83.3 Å². The van der Waals surface area contributed by atoms with Gasteiger partial charge < -0.3 is 10.3 Å². The second-order valence-corrected chi connectivity index (χ2v) is 6.71. The lowest BCUT2D eigenvalue weighted by molar-refractivity contribution is 0.102. The van der Waals surface area contributed by atoms with Crippen LogP contribution in [0.15, 0.2) is 60.8 Å². The van der Waals surface area contributed by atoms with E-state index in [0.29, 0.717) is 12.1 Å². The van der Waals surface area contributed by atoms with Crippen LogP contribution in [0.2, 0.25) is 0 Å². The van der Waals surface area contributed by atoms with Gasteiger partial charge in [-0.05, 0) is 43.2 Å². The molecule has 27 heavy (non-hydrogen) atoms. The summed E-state index contributed by atoms with van der Waals surface area (Å²) in [6.07, 6.45) is 2.40. The van der Waals surface area contributed by atoms with E-state index in [1.807, 2.05) is 54.9 Å². The minimum absolute atomic E-state index is 0.127. The van der Waals surface area contributed by atoms with Crippen molar-refractivity contribution in [1.82, 2.24) is 14.8 Å². The Balaban J connectivity index is 1.57. The zero-order valence-corrected chi connectivity index (χ0v) is 15.5. The maximum atomic E-state index is 12.8. The van der Waals surface area contributed by atoms with E-state index in [1.54, 1.807) is 6.20 Å². The minimum Gasteiger partial charge on any atom is -0.359 e. The second kappa shape index (κ2) is 7.11. The van der Waals surface area contributed by atoms with Gasteiger partial charge in [-0.2, -0.15) is 5.10 Å². The van der Waals surface area contributed by atoms with E-state index >= 15 is 0 Å². The first-order valence-electron chi connectivity index (χ1n) is 9.13. The topological polar surface area (TPSA) is 62.7 Å². The number of rotatable bonds is 5. The molecule has 0 atom stereocenters. The fourth-order valence-electron chi connectivity index (χ4n) is 3.42. The van der Waals surface area contributed by atoms with Crippen molar-refractivity contribution in [2.75, 3.05) is 5.32 Å². The molecule has 5 heteroatoms. The lowest BCUT2D eigenvalue weighted by atomic mass is 10.1. The summed E-state index contributed by atoms with van der Waals surface area (Å²) >= 11 is 0. The van der Waals surface area contributed by atoms with Crippen LogP contribution in [0.25, 0.3) is 10.9 Å². The Kier molecular flexibility index (Phi) is 4.50. The quantitative estimate of drug-likeness (QED) is 0.550. The Labute approximate surface area is 158 Å². The molecule has 0 aliphatic rings. The van der Waals surface area contributed by atoms with Crippen LogP contribution in [0, 0.1) is 6.92 Å². The molecule has 0 spiro atoms. The molecular weight excluding hydrogens is 336 g/mol. The number of carbonyl (C=O) groups is 1. The number of nitrogens with one attached hydrogen (secondary N) is 2. The highest BCUT2D eigenvalue weighted by Crippen LogP contribution is 2.21. The molecule has 0 saturated heterocycles. The summed E-state index contributed by atoms with van der Waals surface area (Å²) in [4.78, 5) is 16.1. The SMILES string of the molecule is CCc1c(C(=O)Nc2ccc3[nH]c(C)cc3c2)cnn1Cc1ccccc1. The Bertz CT molecular complexity index is 1090. The number of amides is 1. The van der Waals surface area contributed by atoms with Crippen molar-refractivity contribution in [3.63, 3.8) is 0 Å². The summed E-state index contributed by atoms with van der Waals surface area (Å²) in [5, 5.41) is 8.54. The number of hydrogen-bond acceptors (Lipinski definition) is 2. The van der Waals surface area contributed by atoms with Gasteiger partial charge in [0.25, 0.3) is 5.91 Å². The van der Waals surface area contributed by atoms with Crippen LogP contribution in [0.1, 0.15) is 34.2 Å². The first-order valence-corrected chi connectivity index (χ1v) is 9.13. The normalized spacial score (nSPS) is 11.0. The molecular formula is C22H22N4O. The van der Waals surface area contributed by atoms with Crippen LogP contribution in [0.5, 0.6) is 0 Å². The average molecular weight is 358 g/mol. The van der Waals surface area contributed by atoms with Crippen molar-refractivity contribution in [2.45, 2.75) is 26.8 Å². The first kappa shape index (κ1) is 17.1. The van der Waals surface area contributed by atoms with Gasteiger partial charge >= 0.3 is 0 Å². The molecule has 2 heterocycles. The third-order valence-corrected chi connectivity index (χ3v) is 4.72. The Hall–Kier alpha value is -3.34. The van der Waals surface area contributed by atoms with Gasteiger partial charge in [-0.15, -0.1) is 0 Å². The van der Waals surface area contributed by atoms with E-state index < -0.39 is 0 Å². The van der Waals surface area contributed by atoms with Gasteiger partial charge in [-0.3, -0.25) is 9.48 Å². The van der Waals surface area contributed by atoms with Crippen LogP contribution in [0.3, 0.4) is 0 Å². The molecule has 0 aliphatic carbocycles. The predicted molar refractivity (Wildman–Crippen MR) is 108 cm³/mol. The third-order valence-electron chi connectivity index (χ3n) is 4.72. The highest BCUT2D eigenvalue weighted by Gasteiger charge is 2.17. The molecule has 0 radical (unpaired) electrons. The zero-order chi connectivity index (χ0) is 18.8. The summed E-state index contributed by atoms with van der Waals surface area (Å²) in [7, 11) is 0. The molecule has 5 nitrogen and oxygen atoms in total. The van der Waals surface area contributed by atoms with E-state index in [2.05, 4.69) is 33.6 Å². The van der Waals surface area contributed by atoms with Crippen molar-refractivity contribution in [3.8, 4) is 0 Å². The van der Waals surface area contributed by atoms with Crippen molar-refractivity contribution in [2.24, 2.45) is 0 Å². The van der Waals surface area contributed by atoms with Crippen molar-refractivity contribution < 1.29 is 4.79 Å². The number of H-pyrrole nitrogens is 1. The molecule has 4 aromatic rings. The second-order valence-electron chi connectivity index (χ2n) is 6.71. The number of aromatic nitrogens is 3. The molecule has 0 saturated carbocycles. The van der Waals surface area contributed by atoms with E-state index in [-0.39, 0.29) is 5.91 Å². The number of hydrogen-bond donors (Lipinski definition) is 2. The number of anilines is 1. The number of nitrogens with zero attached hydrogens (tertiary/aromatic N) is 2. The van der Waals surface area contributed by atoms with Gasteiger partial charge in [0, 0.05) is 22.3 Å². The molecule has 0 bridgehead atoms. The molecule has 0 fully saturated rings. The molecule has 4 rings (SSSR count). The molecule has 0 unspecified atom stereocenters. The van der Waals surface area contributed by atoms with Crippen LogP contribution < -0.4 is 5.32 Å². The van der Waals surface area contributed by atoms with E-state index in [4.69, 9.17) is 0 Å². The number of fused-ring (bicyclic) bond motifs is 1. The Morgan fingerprint density at radius 3 is 2.74 bits per heavy atom. The molecule has 0 aliphatic heterocycles. The molecule has 136 valence electrons. The monoisotopic (exact) mass is 358 g/mol. The summed E-state index contributed by atoms with van der Waals surface area (Å²) < 4.78 is 1.91. The highest BCUT2D eigenvalue weighted by atomic mass is 16.1. The number of aryl methyl sites for hydroxylation is 1. The fraction of sp³-hybridized carbons (Fsp3) is 0.182. The fourth-order valence-corrected chi connectivity index (χ4v) is 3.42. The molecule has 2 N–H and O–H groups in total.